The van der Waals surface area contributed by atoms with E-state index in [0.717, 1.165) is 41.7 Å². The molecular formula is C23H22Cl2N2O2. The zero-order valence-electron chi connectivity index (χ0n) is 15.8. The summed E-state index contributed by atoms with van der Waals surface area (Å²) in [6, 6.07) is 15.4. The Balaban J connectivity index is 1.62. The van der Waals surface area contributed by atoms with Gasteiger partial charge in [0.05, 0.1) is 0 Å². The molecule has 0 fully saturated rings. The smallest absolute Gasteiger partial charge is 0.252 e. The lowest BCUT2D eigenvalue weighted by atomic mass is 9.82. The van der Waals surface area contributed by atoms with Crippen molar-refractivity contribution in [3.8, 4) is 0 Å². The summed E-state index contributed by atoms with van der Waals surface area (Å²) in [5.74, 6) is -0.0987. The normalized spacial score (nSPS) is 22.0. The van der Waals surface area contributed by atoms with Crippen molar-refractivity contribution in [2.24, 2.45) is 5.92 Å². The molecule has 6 heteroatoms. The number of carbonyl (C=O) groups excluding carboxylic acids is 1. The summed E-state index contributed by atoms with van der Waals surface area (Å²) in [5, 5.41) is 17.0. The van der Waals surface area contributed by atoms with Crippen LogP contribution >= 0.6 is 23.2 Å². The number of hydrogen-bond acceptors (Lipinski definition) is 3. The van der Waals surface area contributed by atoms with Crippen LogP contribution in [0.5, 0.6) is 0 Å². The van der Waals surface area contributed by atoms with Crippen LogP contribution in [0.1, 0.15) is 30.4 Å². The molecule has 2 aliphatic rings. The molecule has 1 aliphatic carbocycles. The Kier molecular flexibility index (Phi) is 5.95. The molecule has 0 saturated carbocycles. The van der Waals surface area contributed by atoms with Crippen molar-refractivity contribution in [2.45, 2.75) is 32.0 Å². The second-order valence-electron chi connectivity index (χ2n) is 7.37. The number of carbonyl (C=O) groups is 1. The highest BCUT2D eigenvalue weighted by Gasteiger charge is 2.31. The van der Waals surface area contributed by atoms with Gasteiger partial charge in [-0.2, -0.15) is 0 Å². The third-order valence-electron chi connectivity index (χ3n) is 5.49. The summed E-state index contributed by atoms with van der Waals surface area (Å²) >= 11 is 12.7. The number of halogens is 2. The average molecular weight is 429 g/mol. The Bertz CT molecular complexity index is 965. The molecule has 0 aromatic heterocycles. The highest BCUT2D eigenvalue weighted by molar-refractivity contribution is 6.37. The number of nitrogens with one attached hydrogen (secondary N) is 2. The average Bonchev–Trinajstić information content (AvgIpc) is 2.71. The van der Waals surface area contributed by atoms with Crippen LogP contribution in [0.3, 0.4) is 0 Å². The lowest BCUT2D eigenvalue weighted by Gasteiger charge is -2.33. The summed E-state index contributed by atoms with van der Waals surface area (Å²) in [7, 11) is 0. The maximum atomic E-state index is 12.6. The van der Waals surface area contributed by atoms with Crippen LogP contribution in [0.4, 0.5) is 0 Å². The molecule has 2 atom stereocenters. The van der Waals surface area contributed by atoms with Crippen LogP contribution in [0.25, 0.3) is 5.57 Å². The maximum Gasteiger partial charge on any atom is 0.252 e. The van der Waals surface area contributed by atoms with Gasteiger partial charge in [0, 0.05) is 39.2 Å². The van der Waals surface area contributed by atoms with Crippen molar-refractivity contribution in [3.05, 3.63) is 87.0 Å². The zero-order chi connectivity index (χ0) is 20.4. The quantitative estimate of drug-likeness (QED) is 0.662. The molecule has 0 saturated heterocycles. The van der Waals surface area contributed by atoms with Gasteiger partial charge in [0.15, 0.2) is 0 Å². The number of aliphatic hydroxyl groups is 1. The predicted molar refractivity (Wildman–Crippen MR) is 116 cm³/mol. The molecule has 1 amide bonds. The van der Waals surface area contributed by atoms with Crippen LogP contribution in [-0.4, -0.2) is 17.4 Å². The Morgan fingerprint density at radius 3 is 2.38 bits per heavy atom. The van der Waals surface area contributed by atoms with Crippen LogP contribution in [0.2, 0.25) is 10.0 Å². The molecule has 1 aliphatic heterocycles. The molecule has 3 N–H and O–H groups in total. The molecule has 1 heterocycles. The standard InChI is InChI=1S/C23H22Cl2N2O2/c24-18-7-4-8-19(25)20(18)15-9-11-16(12-10-15)21-17(22(28)27-23(29)26-21)13-14-5-2-1-3-6-14/h1-9,16,23,26,29H,10-13H2,(H,27,28). The minimum atomic E-state index is -1.07. The molecule has 2 aromatic carbocycles. The van der Waals surface area contributed by atoms with Gasteiger partial charge >= 0.3 is 0 Å². The van der Waals surface area contributed by atoms with Gasteiger partial charge in [-0.15, -0.1) is 0 Å². The zero-order valence-corrected chi connectivity index (χ0v) is 17.3. The highest BCUT2D eigenvalue weighted by atomic mass is 35.5. The third-order valence-corrected chi connectivity index (χ3v) is 6.12. The molecule has 4 nitrogen and oxygen atoms in total. The van der Waals surface area contributed by atoms with Crippen molar-refractivity contribution < 1.29 is 9.90 Å². The summed E-state index contributed by atoms with van der Waals surface area (Å²) < 4.78 is 0. The van der Waals surface area contributed by atoms with Gasteiger partial charge in [-0.05, 0) is 42.5 Å². The van der Waals surface area contributed by atoms with Gasteiger partial charge in [-0.1, -0.05) is 65.7 Å². The molecule has 29 heavy (non-hydrogen) atoms. The largest absolute Gasteiger partial charge is 0.356 e. The van der Waals surface area contributed by atoms with Gasteiger partial charge < -0.3 is 15.7 Å². The van der Waals surface area contributed by atoms with Crippen molar-refractivity contribution in [1.82, 2.24) is 10.6 Å². The minimum absolute atomic E-state index is 0.124. The van der Waals surface area contributed by atoms with E-state index in [1.165, 1.54) is 0 Å². The lowest BCUT2D eigenvalue weighted by Crippen LogP contribution is -2.52. The molecule has 0 radical (unpaired) electrons. The third kappa shape index (κ3) is 4.35. The van der Waals surface area contributed by atoms with Gasteiger partial charge in [0.25, 0.3) is 5.91 Å². The Hall–Kier alpha value is -2.27. The molecule has 0 spiro atoms. The van der Waals surface area contributed by atoms with E-state index in [4.69, 9.17) is 23.2 Å². The van der Waals surface area contributed by atoms with E-state index in [1.807, 2.05) is 48.5 Å². The van der Waals surface area contributed by atoms with Crippen LogP contribution < -0.4 is 10.6 Å². The second kappa shape index (κ2) is 8.62. The summed E-state index contributed by atoms with van der Waals surface area (Å²) in [4.78, 5) is 12.6. The van der Waals surface area contributed by atoms with E-state index < -0.39 is 6.35 Å². The SMILES string of the molecule is O=C1NC(O)NC(C2CC=C(c3c(Cl)cccc3Cl)CC2)=C1Cc1ccccc1. The monoisotopic (exact) mass is 428 g/mol. The molecule has 2 unspecified atom stereocenters. The van der Waals surface area contributed by atoms with Gasteiger partial charge in [0.2, 0.25) is 6.35 Å². The number of rotatable bonds is 4. The van der Waals surface area contributed by atoms with E-state index in [0.29, 0.717) is 22.0 Å². The van der Waals surface area contributed by atoms with E-state index in [2.05, 4.69) is 16.7 Å². The Labute approximate surface area is 180 Å². The number of allylic oxidation sites excluding steroid dienone is 3. The van der Waals surface area contributed by atoms with Crippen molar-refractivity contribution in [2.75, 3.05) is 0 Å². The summed E-state index contributed by atoms with van der Waals surface area (Å²) in [6.07, 6.45) is 3.99. The Morgan fingerprint density at radius 2 is 1.72 bits per heavy atom. The minimum Gasteiger partial charge on any atom is -0.356 e. The molecule has 150 valence electrons. The first-order valence-electron chi connectivity index (χ1n) is 9.69. The van der Waals surface area contributed by atoms with Gasteiger partial charge in [-0.25, -0.2) is 0 Å². The first kappa shape index (κ1) is 20.0. The number of aliphatic hydroxyl groups excluding tert-OH is 1. The van der Waals surface area contributed by atoms with E-state index >= 15 is 0 Å². The topological polar surface area (TPSA) is 61.4 Å². The fraction of sp³-hybridized carbons (Fsp3) is 0.261. The number of benzene rings is 2. The van der Waals surface area contributed by atoms with Gasteiger partial charge in [-0.3, -0.25) is 4.79 Å². The second-order valence-corrected chi connectivity index (χ2v) is 8.19. The predicted octanol–water partition coefficient (Wildman–Crippen LogP) is 4.67. The molecular weight excluding hydrogens is 407 g/mol. The van der Waals surface area contributed by atoms with Crippen molar-refractivity contribution in [3.63, 3.8) is 0 Å². The number of hydrogen-bond donors (Lipinski definition) is 3. The Morgan fingerprint density at radius 1 is 1.00 bits per heavy atom. The van der Waals surface area contributed by atoms with Crippen LogP contribution in [0.15, 0.2) is 65.9 Å². The van der Waals surface area contributed by atoms with E-state index in [1.54, 1.807) is 0 Å². The molecule has 4 rings (SSSR count). The van der Waals surface area contributed by atoms with Crippen molar-refractivity contribution >= 4 is 34.7 Å². The fourth-order valence-electron chi connectivity index (χ4n) is 4.07. The first-order chi connectivity index (χ1) is 14.0. The molecule has 0 bridgehead atoms. The van der Waals surface area contributed by atoms with Gasteiger partial charge in [0.1, 0.15) is 0 Å². The fourth-order valence-corrected chi connectivity index (χ4v) is 4.71. The van der Waals surface area contributed by atoms with Crippen LogP contribution in [0, 0.1) is 5.92 Å². The van der Waals surface area contributed by atoms with Crippen LogP contribution in [-0.2, 0) is 11.2 Å². The lowest BCUT2D eigenvalue weighted by molar-refractivity contribution is -0.122. The van der Waals surface area contributed by atoms with E-state index in [9.17, 15) is 9.90 Å². The summed E-state index contributed by atoms with van der Waals surface area (Å²) in [6.45, 7) is 0. The van der Waals surface area contributed by atoms with E-state index in [-0.39, 0.29) is 11.8 Å². The highest BCUT2D eigenvalue weighted by Crippen LogP contribution is 2.40. The first-order valence-corrected chi connectivity index (χ1v) is 10.4. The number of amides is 1. The van der Waals surface area contributed by atoms with Crippen molar-refractivity contribution in [1.29, 1.82) is 0 Å². The summed E-state index contributed by atoms with van der Waals surface area (Å²) in [5.41, 5.74) is 4.58. The maximum absolute atomic E-state index is 12.6. The molecule has 2 aromatic rings.